The fraction of sp³-hybridized carbons (Fsp3) is 0.655. The summed E-state index contributed by atoms with van der Waals surface area (Å²) < 4.78 is 5.22. The van der Waals surface area contributed by atoms with E-state index in [1.165, 1.54) is 49.7 Å². The van der Waals surface area contributed by atoms with Crippen LogP contribution in [0.1, 0.15) is 55.3 Å². The Morgan fingerprint density at radius 1 is 0.919 bits per heavy atom. The Balaban J connectivity index is 1.15. The van der Waals surface area contributed by atoms with E-state index in [9.17, 15) is 0 Å². The summed E-state index contributed by atoms with van der Waals surface area (Å²) in [5.41, 5.74) is 3.55. The van der Waals surface area contributed by atoms with Crippen molar-refractivity contribution < 1.29 is 4.74 Å². The standard InChI is InChI=1S/C29H47N7O/c1-24-21-28(36-17-15-35(16-18-36)19-20-37-2)34-29(33-24)32-23-26-11-9-25(10-12-26)22-30-13-6-14-31-27-7-4-3-5-8-27/h9-12,21,27,30-31H,3-8,13-20,22-23H2,1-2H3,(H,32,33,34). The highest BCUT2D eigenvalue weighted by Crippen LogP contribution is 2.18. The van der Waals surface area contributed by atoms with Gasteiger partial charge in [-0.2, -0.15) is 4.98 Å². The number of hydrogen-bond acceptors (Lipinski definition) is 8. The fourth-order valence-corrected chi connectivity index (χ4v) is 5.23. The zero-order chi connectivity index (χ0) is 25.7. The van der Waals surface area contributed by atoms with Gasteiger partial charge in [-0.3, -0.25) is 4.90 Å². The van der Waals surface area contributed by atoms with Gasteiger partial charge < -0.3 is 25.6 Å². The third-order valence-corrected chi connectivity index (χ3v) is 7.52. The highest BCUT2D eigenvalue weighted by molar-refractivity contribution is 5.45. The van der Waals surface area contributed by atoms with Crippen LogP contribution in [0.25, 0.3) is 0 Å². The van der Waals surface area contributed by atoms with Gasteiger partial charge in [0.25, 0.3) is 0 Å². The lowest BCUT2D eigenvalue weighted by molar-refractivity contribution is 0.144. The van der Waals surface area contributed by atoms with E-state index in [4.69, 9.17) is 9.72 Å². The van der Waals surface area contributed by atoms with Gasteiger partial charge in [0, 0.05) is 70.7 Å². The molecular formula is C29H47N7O. The maximum absolute atomic E-state index is 5.22. The first-order chi connectivity index (χ1) is 18.2. The van der Waals surface area contributed by atoms with Gasteiger partial charge in [-0.15, -0.1) is 0 Å². The number of aryl methyl sites for hydroxylation is 1. The van der Waals surface area contributed by atoms with Gasteiger partial charge >= 0.3 is 0 Å². The summed E-state index contributed by atoms with van der Waals surface area (Å²) in [6.07, 6.45) is 8.11. The van der Waals surface area contributed by atoms with Crippen LogP contribution in [-0.2, 0) is 17.8 Å². The normalized spacial score (nSPS) is 17.3. The summed E-state index contributed by atoms with van der Waals surface area (Å²) in [6, 6.07) is 11.7. The van der Waals surface area contributed by atoms with Crippen molar-refractivity contribution in [2.45, 2.75) is 64.6 Å². The quantitative estimate of drug-likeness (QED) is 0.334. The summed E-state index contributed by atoms with van der Waals surface area (Å²) in [4.78, 5) is 14.2. The van der Waals surface area contributed by atoms with Crippen molar-refractivity contribution in [3.05, 3.63) is 47.2 Å². The first-order valence-electron chi connectivity index (χ1n) is 14.3. The van der Waals surface area contributed by atoms with Gasteiger partial charge in [0.1, 0.15) is 5.82 Å². The Morgan fingerprint density at radius 3 is 2.38 bits per heavy atom. The summed E-state index contributed by atoms with van der Waals surface area (Å²) in [5.74, 6) is 1.71. The number of rotatable bonds is 14. The molecule has 0 unspecified atom stereocenters. The summed E-state index contributed by atoms with van der Waals surface area (Å²) in [7, 11) is 1.76. The van der Waals surface area contributed by atoms with E-state index >= 15 is 0 Å². The van der Waals surface area contributed by atoms with Crippen LogP contribution in [-0.4, -0.2) is 80.4 Å². The van der Waals surface area contributed by atoms with Crippen molar-refractivity contribution in [2.75, 3.05) is 69.7 Å². The van der Waals surface area contributed by atoms with Crippen LogP contribution >= 0.6 is 0 Å². The highest BCUT2D eigenvalue weighted by Gasteiger charge is 2.18. The summed E-state index contributed by atoms with van der Waals surface area (Å²) in [6.45, 7) is 11.7. The number of aromatic nitrogens is 2. The molecule has 204 valence electrons. The van der Waals surface area contributed by atoms with Gasteiger partial charge in [-0.05, 0) is 50.4 Å². The average molecular weight is 510 g/mol. The van der Waals surface area contributed by atoms with Crippen molar-refractivity contribution in [3.8, 4) is 0 Å². The third kappa shape index (κ3) is 9.52. The molecule has 0 amide bonds. The van der Waals surface area contributed by atoms with E-state index in [0.29, 0.717) is 12.5 Å². The Labute approximate surface area is 223 Å². The topological polar surface area (TPSA) is 77.6 Å². The molecule has 1 aliphatic carbocycles. The Kier molecular flexibility index (Phi) is 11.4. The maximum atomic E-state index is 5.22. The largest absolute Gasteiger partial charge is 0.383 e. The lowest BCUT2D eigenvalue weighted by Crippen LogP contribution is -2.47. The van der Waals surface area contributed by atoms with Crippen LogP contribution < -0.4 is 20.9 Å². The smallest absolute Gasteiger partial charge is 0.225 e. The first-order valence-corrected chi connectivity index (χ1v) is 14.3. The van der Waals surface area contributed by atoms with E-state index in [0.717, 1.165) is 76.5 Å². The molecule has 1 aromatic carbocycles. The second kappa shape index (κ2) is 15.2. The van der Waals surface area contributed by atoms with Gasteiger partial charge in [0.15, 0.2) is 0 Å². The van der Waals surface area contributed by atoms with Crippen LogP contribution in [0.15, 0.2) is 30.3 Å². The van der Waals surface area contributed by atoms with E-state index in [1.807, 2.05) is 6.92 Å². The molecule has 0 bridgehead atoms. The highest BCUT2D eigenvalue weighted by atomic mass is 16.5. The number of benzene rings is 1. The molecular weight excluding hydrogens is 462 g/mol. The van der Waals surface area contributed by atoms with Crippen LogP contribution in [0.3, 0.4) is 0 Å². The molecule has 1 aromatic heterocycles. The second-order valence-corrected chi connectivity index (χ2v) is 10.5. The molecule has 8 heteroatoms. The molecule has 1 saturated heterocycles. The number of anilines is 2. The van der Waals surface area contributed by atoms with E-state index < -0.39 is 0 Å². The van der Waals surface area contributed by atoms with E-state index in [-0.39, 0.29) is 0 Å². The SMILES string of the molecule is COCCN1CCN(c2cc(C)nc(NCc3ccc(CNCCCNC4CCCCC4)cc3)n2)CC1. The molecule has 37 heavy (non-hydrogen) atoms. The molecule has 0 atom stereocenters. The van der Waals surface area contributed by atoms with Crippen LogP contribution in [0.4, 0.5) is 11.8 Å². The van der Waals surface area contributed by atoms with Gasteiger partial charge in [0.05, 0.1) is 6.61 Å². The van der Waals surface area contributed by atoms with Crippen molar-refractivity contribution in [3.63, 3.8) is 0 Å². The fourth-order valence-electron chi connectivity index (χ4n) is 5.23. The van der Waals surface area contributed by atoms with Gasteiger partial charge in [-0.1, -0.05) is 43.5 Å². The molecule has 4 rings (SSSR count). The number of methoxy groups -OCH3 is 1. The molecule has 2 heterocycles. The minimum absolute atomic E-state index is 0.699. The molecule has 8 nitrogen and oxygen atoms in total. The molecule has 0 spiro atoms. The van der Waals surface area contributed by atoms with E-state index in [2.05, 4.69) is 61.1 Å². The van der Waals surface area contributed by atoms with Crippen molar-refractivity contribution in [1.29, 1.82) is 0 Å². The Morgan fingerprint density at radius 2 is 1.65 bits per heavy atom. The molecule has 2 aliphatic rings. The third-order valence-electron chi connectivity index (χ3n) is 7.52. The molecule has 2 fully saturated rings. The molecule has 0 radical (unpaired) electrons. The van der Waals surface area contributed by atoms with E-state index in [1.54, 1.807) is 7.11 Å². The number of ether oxygens (including phenoxy) is 1. The maximum Gasteiger partial charge on any atom is 0.225 e. The van der Waals surface area contributed by atoms with Crippen molar-refractivity contribution in [1.82, 2.24) is 25.5 Å². The second-order valence-electron chi connectivity index (χ2n) is 10.5. The summed E-state index contributed by atoms with van der Waals surface area (Å²) >= 11 is 0. The van der Waals surface area contributed by atoms with Crippen molar-refractivity contribution in [2.24, 2.45) is 0 Å². The molecule has 1 saturated carbocycles. The number of piperazine rings is 1. The molecule has 1 aliphatic heterocycles. The summed E-state index contributed by atoms with van der Waals surface area (Å²) in [5, 5.41) is 10.7. The first kappa shape index (κ1) is 27.8. The van der Waals surface area contributed by atoms with Gasteiger partial charge in [0.2, 0.25) is 5.95 Å². The number of hydrogen-bond donors (Lipinski definition) is 3. The van der Waals surface area contributed by atoms with Crippen LogP contribution in [0.5, 0.6) is 0 Å². The lowest BCUT2D eigenvalue weighted by atomic mass is 9.95. The predicted molar refractivity (Wildman–Crippen MR) is 152 cm³/mol. The zero-order valence-electron chi connectivity index (χ0n) is 23.0. The Bertz CT molecular complexity index is 909. The minimum atomic E-state index is 0.699. The zero-order valence-corrected chi connectivity index (χ0v) is 23.0. The minimum Gasteiger partial charge on any atom is -0.383 e. The predicted octanol–water partition coefficient (Wildman–Crippen LogP) is 3.57. The number of nitrogens with one attached hydrogen (secondary N) is 3. The van der Waals surface area contributed by atoms with Crippen molar-refractivity contribution >= 4 is 11.8 Å². The number of nitrogens with zero attached hydrogens (tertiary/aromatic N) is 4. The molecule has 3 N–H and O–H groups in total. The van der Waals surface area contributed by atoms with Gasteiger partial charge in [-0.25, -0.2) is 4.98 Å². The lowest BCUT2D eigenvalue weighted by Gasteiger charge is -2.35. The average Bonchev–Trinajstić information content (AvgIpc) is 2.94. The van der Waals surface area contributed by atoms with Crippen LogP contribution in [0, 0.1) is 6.92 Å². The monoisotopic (exact) mass is 509 g/mol. The molecule has 2 aromatic rings. The van der Waals surface area contributed by atoms with Crippen LogP contribution in [0.2, 0.25) is 0 Å². The Hall–Kier alpha value is -2.26.